The van der Waals surface area contributed by atoms with Crippen molar-refractivity contribution in [2.45, 2.75) is 25.4 Å². The molecule has 0 amide bonds. The number of nitrogens with one attached hydrogen (secondary N) is 1. The van der Waals surface area contributed by atoms with Gasteiger partial charge < -0.3 is 10.1 Å². The molecule has 1 aromatic rings. The van der Waals surface area contributed by atoms with Crippen molar-refractivity contribution in [2.75, 3.05) is 13.1 Å². The summed E-state index contributed by atoms with van der Waals surface area (Å²) in [5.41, 5.74) is 1.70. The molecule has 84 valence electrons. The van der Waals surface area contributed by atoms with Crippen molar-refractivity contribution >= 4 is 5.78 Å². The molecule has 0 saturated carbocycles. The highest BCUT2D eigenvalue weighted by atomic mass is 16.5. The lowest BCUT2D eigenvalue weighted by molar-refractivity contribution is 0.00239. The number of ether oxygens (including phenoxy) is 1. The monoisotopic (exact) mass is 217 g/mol. The molecule has 3 heteroatoms. The van der Waals surface area contributed by atoms with Gasteiger partial charge in [0.15, 0.2) is 5.78 Å². The van der Waals surface area contributed by atoms with E-state index in [1.54, 1.807) is 0 Å². The Morgan fingerprint density at radius 1 is 1.44 bits per heavy atom. The van der Waals surface area contributed by atoms with Crippen molar-refractivity contribution in [3.05, 3.63) is 29.3 Å². The van der Waals surface area contributed by atoms with Gasteiger partial charge in [-0.1, -0.05) is 13.0 Å². The number of Topliss-reactive ketones (excluding diaryl/α,β-unsaturated/α-hetero) is 1. The summed E-state index contributed by atoms with van der Waals surface area (Å²) < 4.78 is 5.94. The average molecular weight is 217 g/mol. The van der Waals surface area contributed by atoms with Gasteiger partial charge in [-0.15, -0.1) is 0 Å². The van der Waals surface area contributed by atoms with Crippen LogP contribution >= 0.6 is 0 Å². The number of ketones is 1. The van der Waals surface area contributed by atoms with Crippen LogP contribution in [0.25, 0.3) is 0 Å². The van der Waals surface area contributed by atoms with Crippen LogP contribution in [-0.2, 0) is 6.42 Å². The van der Waals surface area contributed by atoms with Crippen molar-refractivity contribution in [3.8, 4) is 5.75 Å². The van der Waals surface area contributed by atoms with E-state index in [1.807, 2.05) is 18.2 Å². The largest absolute Gasteiger partial charge is 0.483 e. The maximum atomic E-state index is 12.1. The third-order valence-corrected chi connectivity index (χ3v) is 3.46. The number of aryl methyl sites for hydroxylation is 1. The molecular formula is C13H15NO2. The van der Waals surface area contributed by atoms with Gasteiger partial charge >= 0.3 is 0 Å². The average Bonchev–Trinajstić information content (AvgIpc) is 2.26. The number of carbonyl (C=O) groups excluding carboxylic acids is 1. The molecule has 1 fully saturated rings. The Labute approximate surface area is 94.8 Å². The molecule has 1 saturated heterocycles. The molecule has 2 aliphatic rings. The summed E-state index contributed by atoms with van der Waals surface area (Å²) in [4.78, 5) is 12.1. The molecule has 0 unspecified atom stereocenters. The van der Waals surface area contributed by atoms with Gasteiger partial charge in [-0.25, -0.2) is 0 Å². The summed E-state index contributed by atoms with van der Waals surface area (Å²) in [6, 6.07) is 5.94. The second-order valence-corrected chi connectivity index (χ2v) is 4.67. The molecule has 1 N–H and O–H groups in total. The summed E-state index contributed by atoms with van der Waals surface area (Å²) in [7, 11) is 0. The summed E-state index contributed by atoms with van der Waals surface area (Å²) in [6.07, 6.45) is 1.47. The van der Waals surface area contributed by atoms with E-state index < -0.39 is 0 Å². The standard InChI is InChI=1S/C13H15NO2/c1-2-9-3-4-12-10(5-9)11(15)6-13(16-12)7-14-8-13/h3-5,14H,2,6-8H2,1H3. The highest BCUT2D eigenvalue weighted by Crippen LogP contribution is 2.35. The van der Waals surface area contributed by atoms with Gasteiger partial charge in [-0.3, -0.25) is 4.79 Å². The molecule has 0 aromatic heterocycles. The molecule has 1 aromatic carbocycles. The van der Waals surface area contributed by atoms with E-state index in [1.165, 1.54) is 5.56 Å². The molecule has 0 bridgehead atoms. The van der Waals surface area contributed by atoms with Crippen LogP contribution in [0.15, 0.2) is 18.2 Å². The number of rotatable bonds is 1. The Morgan fingerprint density at radius 2 is 2.25 bits per heavy atom. The van der Waals surface area contributed by atoms with Gasteiger partial charge in [0.1, 0.15) is 11.4 Å². The highest BCUT2D eigenvalue weighted by molar-refractivity contribution is 6.00. The Kier molecular flexibility index (Phi) is 2.04. The van der Waals surface area contributed by atoms with Crippen LogP contribution in [0, 0.1) is 0 Å². The van der Waals surface area contributed by atoms with Crippen LogP contribution in [0.4, 0.5) is 0 Å². The quantitative estimate of drug-likeness (QED) is 0.775. The predicted octanol–water partition coefficient (Wildman–Crippen LogP) is 1.56. The Balaban J connectivity index is 2.00. The fourth-order valence-corrected chi connectivity index (χ4v) is 2.36. The first-order chi connectivity index (χ1) is 7.72. The number of benzene rings is 1. The lowest BCUT2D eigenvalue weighted by atomic mass is 9.85. The molecule has 0 atom stereocenters. The van der Waals surface area contributed by atoms with E-state index >= 15 is 0 Å². The maximum Gasteiger partial charge on any atom is 0.170 e. The third-order valence-electron chi connectivity index (χ3n) is 3.46. The molecule has 2 heterocycles. The second-order valence-electron chi connectivity index (χ2n) is 4.67. The van der Waals surface area contributed by atoms with Gasteiger partial charge in [0.05, 0.1) is 12.0 Å². The Hall–Kier alpha value is -1.35. The van der Waals surface area contributed by atoms with Crippen LogP contribution < -0.4 is 10.1 Å². The fraction of sp³-hybridized carbons (Fsp3) is 0.462. The number of hydrogen-bond donors (Lipinski definition) is 1. The van der Waals surface area contributed by atoms with Crippen molar-refractivity contribution in [1.82, 2.24) is 5.32 Å². The van der Waals surface area contributed by atoms with Crippen LogP contribution in [0.3, 0.4) is 0 Å². The number of fused-ring (bicyclic) bond motifs is 1. The van der Waals surface area contributed by atoms with Crippen LogP contribution in [0.5, 0.6) is 5.75 Å². The zero-order valence-electron chi connectivity index (χ0n) is 9.38. The SMILES string of the molecule is CCc1ccc2c(c1)C(=O)CC1(CNC1)O2. The molecule has 3 nitrogen and oxygen atoms in total. The lowest BCUT2D eigenvalue weighted by Crippen LogP contribution is -2.65. The first kappa shape index (κ1) is 9.85. The normalized spacial score (nSPS) is 21.2. The van der Waals surface area contributed by atoms with E-state index in [9.17, 15) is 4.79 Å². The van der Waals surface area contributed by atoms with E-state index in [4.69, 9.17) is 4.74 Å². The van der Waals surface area contributed by atoms with Crippen LogP contribution in [0.2, 0.25) is 0 Å². The zero-order valence-corrected chi connectivity index (χ0v) is 9.38. The first-order valence-corrected chi connectivity index (χ1v) is 5.78. The van der Waals surface area contributed by atoms with E-state index in [0.29, 0.717) is 6.42 Å². The molecule has 0 radical (unpaired) electrons. The van der Waals surface area contributed by atoms with Gasteiger partial charge in [-0.2, -0.15) is 0 Å². The molecule has 0 aliphatic carbocycles. The minimum absolute atomic E-state index is 0.220. The van der Waals surface area contributed by atoms with Crippen molar-refractivity contribution in [1.29, 1.82) is 0 Å². The van der Waals surface area contributed by atoms with Gasteiger partial charge in [0, 0.05) is 13.1 Å². The molecule has 2 aliphatic heterocycles. The highest BCUT2D eigenvalue weighted by Gasteiger charge is 2.45. The maximum absolute atomic E-state index is 12.1. The van der Waals surface area contributed by atoms with Gasteiger partial charge in [-0.05, 0) is 24.1 Å². The van der Waals surface area contributed by atoms with Crippen molar-refractivity contribution in [3.63, 3.8) is 0 Å². The summed E-state index contributed by atoms with van der Waals surface area (Å²) in [5.74, 6) is 0.980. The Morgan fingerprint density at radius 3 is 2.88 bits per heavy atom. The number of carbonyl (C=O) groups is 1. The summed E-state index contributed by atoms with van der Waals surface area (Å²) in [5, 5.41) is 3.17. The van der Waals surface area contributed by atoms with Crippen LogP contribution in [-0.4, -0.2) is 24.5 Å². The minimum Gasteiger partial charge on any atom is -0.483 e. The lowest BCUT2D eigenvalue weighted by Gasteiger charge is -2.45. The predicted molar refractivity (Wildman–Crippen MR) is 61.0 cm³/mol. The van der Waals surface area contributed by atoms with Crippen molar-refractivity contribution in [2.24, 2.45) is 0 Å². The van der Waals surface area contributed by atoms with Gasteiger partial charge in [0.2, 0.25) is 0 Å². The first-order valence-electron chi connectivity index (χ1n) is 5.78. The van der Waals surface area contributed by atoms with Gasteiger partial charge in [0.25, 0.3) is 0 Å². The van der Waals surface area contributed by atoms with E-state index in [2.05, 4.69) is 12.2 Å². The second kappa shape index (κ2) is 3.32. The summed E-state index contributed by atoms with van der Waals surface area (Å²) >= 11 is 0. The molecule has 16 heavy (non-hydrogen) atoms. The molecular weight excluding hydrogens is 202 g/mol. The smallest absolute Gasteiger partial charge is 0.170 e. The fourth-order valence-electron chi connectivity index (χ4n) is 2.36. The topological polar surface area (TPSA) is 38.3 Å². The Bertz CT molecular complexity index is 449. The minimum atomic E-state index is -0.252. The molecule has 3 rings (SSSR count). The third kappa shape index (κ3) is 1.35. The van der Waals surface area contributed by atoms with Crippen molar-refractivity contribution < 1.29 is 9.53 Å². The molecule has 1 spiro atoms. The van der Waals surface area contributed by atoms with Crippen LogP contribution in [0.1, 0.15) is 29.3 Å². The van der Waals surface area contributed by atoms with E-state index in [0.717, 1.165) is 30.8 Å². The number of hydrogen-bond acceptors (Lipinski definition) is 3. The van der Waals surface area contributed by atoms with E-state index in [-0.39, 0.29) is 11.4 Å². The summed E-state index contributed by atoms with van der Waals surface area (Å²) in [6.45, 7) is 3.66. The zero-order chi connectivity index (χ0) is 11.2.